The van der Waals surface area contributed by atoms with E-state index in [0.717, 1.165) is 23.9 Å². The van der Waals surface area contributed by atoms with Crippen LogP contribution in [-0.2, 0) is 0 Å². The fourth-order valence-corrected chi connectivity index (χ4v) is 2.86. The number of nitrogens with one attached hydrogen (secondary N) is 1. The number of aryl methyl sites for hydroxylation is 1. The summed E-state index contributed by atoms with van der Waals surface area (Å²) in [5.41, 5.74) is 0.599. The van der Waals surface area contributed by atoms with Crippen LogP contribution in [0, 0.1) is 6.92 Å². The van der Waals surface area contributed by atoms with Gasteiger partial charge in [0.25, 0.3) is 5.91 Å². The van der Waals surface area contributed by atoms with Gasteiger partial charge in [0.2, 0.25) is 5.89 Å². The number of piperidine rings is 1. The number of carbonyl (C=O) groups is 1. The van der Waals surface area contributed by atoms with E-state index in [2.05, 4.69) is 31.1 Å². The Labute approximate surface area is 124 Å². The molecule has 0 spiro atoms. The number of halogens is 1. The summed E-state index contributed by atoms with van der Waals surface area (Å²) < 4.78 is 5.90. The van der Waals surface area contributed by atoms with Crippen molar-refractivity contribution in [1.82, 2.24) is 20.0 Å². The van der Waals surface area contributed by atoms with Crippen LogP contribution in [-0.4, -0.2) is 39.0 Å². The lowest BCUT2D eigenvalue weighted by molar-refractivity contribution is 0.0698. The molecule has 7 heteroatoms. The molecule has 3 rings (SSSR count). The van der Waals surface area contributed by atoms with E-state index in [1.807, 2.05) is 4.90 Å². The number of hydrogen-bond donors (Lipinski definition) is 1. The molecule has 2 aromatic heterocycles. The van der Waals surface area contributed by atoms with Gasteiger partial charge in [-0.1, -0.05) is 5.16 Å². The summed E-state index contributed by atoms with van der Waals surface area (Å²) in [4.78, 5) is 21.5. The molecule has 1 aliphatic rings. The van der Waals surface area contributed by atoms with Crippen molar-refractivity contribution in [3.05, 3.63) is 34.1 Å². The third-order valence-electron chi connectivity index (χ3n) is 3.50. The topological polar surface area (TPSA) is 75.0 Å². The molecule has 0 radical (unpaired) electrons. The first-order valence-corrected chi connectivity index (χ1v) is 7.36. The normalized spacial score (nSPS) is 19.3. The predicted molar refractivity (Wildman–Crippen MR) is 75.4 cm³/mol. The molecule has 1 fully saturated rings. The minimum absolute atomic E-state index is 0.0145. The Morgan fingerprint density at radius 1 is 1.60 bits per heavy atom. The Balaban J connectivity index is 1.73. The SMILES string of the molecule is Cc1nc([C@H]2CCCN(C(=O)c3cc(Br)c[nH]3)C2)no1. The van der Waals surface area contributed by atoms with Crippen LogP contribution in [0.4, 0.5) is 0 Å². The van der Waals surface area contributed by atoms with Crippen molar-refractivity contribution in [3.8, 4) is 0 Å². The number of rotatable bonds is 2. The van der Waals surface area contributed by atoms with Crippen LogP contribution < -0.4 is 0 Å². The summed E-state index contributed by atoms with van der Waals surface area (Å²) in [6, 6.07) is 1.80. The minimum atomic E-state index is 0.0145. The Kier molecular flexibility index (Phi) is 3.60. The zero-order valence-electron chi connectivity index (χ0n) is 11.1. The van der Waals surface area contributed by atoms with Gasteiger partial charge in [0.15, 0.2) is 5.82 Å². The molecule has 0 unspecified atom stereocenters. The molecule has 106 valence electrons. The third-order valence-corrected chi connectivity index (χ3v) is 3.95. The lowest BCUT2D eigenvalue weighted by Gasteiger charge is -2.30. The van der Waals surface area contributed by atoms with Gasteiger partial charge in [-0.05, 0) is 34.8 Å². The number of aromatic nitrogens is 3. The average Bonchev–Trinajstić information content (AvgIpc) is 3.07. The van der Waals surface area contributed by atoms with Gasteiger partial charge < -0.3 is 14.4 Å². The number of aromatic amines is 1. The predicted octanol–water partition coefficient (Wildman–Crippen LogP) is 2.49. The van der Waals surface area contributed by atoms with E-state index in [4.69, 9.17) is 4.52 Å². The molecule has 0 aliphatic carbocycles. The summed E-state index contributed by atoms with van der Waals surface area (Å²) in [5, 5.41) is 3.97. The van der Waals surface area contributed by atoms with Crippen LogP contribution in [0.3, 0.4) is 0 Å². The second kappa shape index (κ2) is 5.40. The van der Waals surface area contributed by atoms with Gasteiger partial charge in [-0.15, -0.1) is 0 Å². The maximum Gasteiger partial charge on any atom is 0.270 e. The first kappa shape index (κ1) is 13.4. The number of H-pyrrole nitrogens is 1. The van der Waals surface area contributed by atoms with E-state index in [9.17, 15) is 4.79 Å². The molecule has 1 aliphatic heterocycles. The Morgan fingerprint density at radius 3 is 3.10 bits per heavy atom. The number of likely N-dealkylation sites (tertiary alicyclic amines) is 1. The van der Waals surface area contributed by atoms with Crippen molar-refractivity contribution < 1.29 is 9.32 Å². The zero-order valence-corrected chi connectivity index (χ0v) is 12.7. The summed E-state index contributed by atoms with van der Waals surface area (Å²) in [6.45, 7) is 3.18. The average molecular weight is 339 g/mol. The molecule has 2 aromatic rings. The number of nitrogens with zero attached hydrogens (tertiary/aromatic N) is 3. The van der Waals surface area contributed by atoms with Crippen molar-refractivity contribution in [2.24, 2.45) is 0 Å². The summed E-state index contributed by atoms with van der Waals surface area (Å²) >= 11 is 3.34. The number of hydrogen-bond acceptors (Lipinski definition) is 4. The molecule has 20 heavy (non-hydrogen) atoms. The third kappa shape index (κ3) is 2.63. The highest BCUT2D eigenvalue weighted by atomic mass is 79.9. The second-order valence-electron chi connectivity index (χ2n) is 4.99. The smallest absolute Gasteiger partial charge is 0.270 e. The Morgan fingerprint density at radius 2 is 2.45 bits per heavy atom. The van der Waals surface area contributed by atoms with Crippen LogP contribution in [0.5, 0.6) is 0 Å². The molecular formula is C13H15BrN4O2. The molecule has 6 nitrogen and oxygen atoms in total. The van der Waals surface area contributed by atoms with Gasteiger partial charge in [0.1, 0.15) is 5.69 Å². The van der Waals surface area contributed by atoms with Crippen molar-refractivity contribution in [2.45, 2.75) is 25.7 Å². The molecular weight excluding hydrogens is 324 g/mol. The quantitative estimate of drug-likeness (QED) is 0.912. The van der Waals surface area contributed by atoms with Crippen molar-refractivity contribution >= 4 is 21.8 Å². The van der Waals surface area contributed by atoms with Crippen LogP contribution in [0.2, 0.25) is 0 Å². The highest BCUT2D eigenvalue weighted by Gasteiger charge is 2.28. The highest BCUT2D eigenvalue weighted by Crippen LogP contribution is 2.26. The second-order valence-corrected chi connectivity index (χ2v) is 5.91. The largest absolute Gasteiger partial charge is 0.356 e. The summed E-state index contributed by atoms with van der Waals surface area (Å²) in [7, 11) is 0. The molecule has 0 aromatic carbocycles. The number of amides is 1. The van der Waals surface area contributed by atoms with Crippen LogP contribution in [0.15, 0.2) is 21.3 Å². The van der Waals surface area contributed by atoms with Crippen LogP contribution in [0.25, 0.3) is 0 Å². The first-order chi connectivity index (χ1) is 9.63. The van der Waals surface area contributed by atoms with E-state index < -0.39 is 0 Å². The lowest BCUT2D eigenvalue weighted by atomic mass is 9.97. The monoisotopic (exact) mass is 338 g/mol. The van der Waals surface area contributed by atoms with E-state index in [1.165, 1.54) is 0 Å². The standard InChI is InChI=1S/C13H15BrN4O2/c1-8-16-12(17-20-8)9-3-2-4-18(7-9)13(19)11-5-10(14)6-15-11/h5-6,9,15H,2-4,7H2,1H3/t9-/m0/s1. The van der Waals surface area contributed by atoms with Gasteiger partial charge >= 0.3 is 0 Å². The molecule has 1 N–H and O–H groups in total. The molecule has 0 bridgehead atoms. The van der Waals surface area contributed by atoms with E-state index in [-0.39, 0.29) is 11.8 Å². The minimum Gasteiger partial charge on any atom is -0.356 e. The molecule has 3 heterocycles. The van der Waals surface area contributed by atoms with Crippen molar-refractivity contribution in [3.63, 3.8) is 0 Å². The van der Waals surface area contributed by atoms with Gasteiger partial charge in [0, 0.05) is 36.6 Å². The van der Waals surface area contributed by atoms with E-state index in [0.29, 0.717) is 24.0 Å². The summed E-state index contributed by atoms with van der Waals surface area (Å²) in [6.07, 6.45) is 3.69. The first-order valence-electron chi connectivity index (χ1n) is 6.57. The van der Waals surface area contributed by atoms with Crippen LogP contribution >= 0.6 is 15.9 Å². The lowest BCUT2D eigenvalue weighted by Crippen LogP contribution is -2.39. The summed E-state index contributed by atoms with van der Waals surface area (Å²) in [5.74, 6) is 1.44. The maximum absolute atomic E-state index is 12.4. The molecule has 1 saturated heterocycles. The van der Waals surface area contributed by atoms with E-state index >= 15 is 0 Å². The van der Waals surface area contributed by atoms with E-state index in [1.54, 1.807) is 19.2 Å². The van der Waals surface area contributed by atoms with Gasteiger partial charge in [0.05, 0.1) is 0 Å². The maximum atomic E-state index is 12.4. The van der Waals surface area contributed by atoms with Gasteiger partial charge in [-0.2, -0.15) is 4.98 Å². The van der Waals surface area contributed by atoms with Crippen molar-refractivity contribution in [2.75, 3.05) is 13.1 Å². The van der Waals surface area contributed by atoms with Gasteiger partial charge in [-0.25, -0.2) is 0 Å². The van der Waals surface area contributed by atoms with Gasteiger partial charge in [-0.3, -0.25) is 4.79 Å². The molecule has 1 amide bonds. The zero-order chi connectivity index (χ0) is 14.1. The van der Waals surface area contributed by atoms with Crippen LogP contribution in [0.1, 0.15) is 41.0 Å². The highest BCUT2D eigenvalue weighted by molar-refractivity contribution is 9.10. The fraction of sp³-hybridized carbons (Fsp3) is 0.462. The van der Waals surface area contributed by atoms with Crippen molar-refractivity contribution in [1.29, 1.82) is 0 Å². The number of carbonyl (C=O) groups excluding carboxylic acids is 1. The Bertz CT molecular complexity index is 621. The molecule has 1 atom stereocenters. The fourth-order valence-electron chi connectivity index (χ4n) is 2.51. The molecule has 0 saturated carbocycles. The Hall–Kier alpha value is -1.63.